The van der Waals surface area contributed by atoms with Gasteiger partial charge < -0.3 is 4.74 Å². The summed E-state index contributed by atoms with van der Waals surface area (Å²) < 4.78 is 5.42. The Hall–Kier alpha value is -1.16. The Kier molecular flexibility index (Phi) is 3.62. The highest BCUT2D eigenvalue weighted by molar-refractivity contribution is 8.00. The van der Waals surface area contributed by atoms with Gasteiger partial charge in [-0.25, -0.2) is 4.79 Å². The Morgan fingerprint density at radius 3 is 2.71 bits per heavy atom. The van der Waals surface area contributed by atoms with Crippen molar-refractivity contribution in [2.75, 3.05) is 12.4 Å². The lowest BCUT2D eigenvalue weighted by Gasteiger charge is -2.18. The molecule has 1 aromatic carbocycles. The van der Waals surface area contributed by atoms with Gasteiger partial charge in [0, 0.05) is 11.3 Å². The second-order valence-corrected chi connectivity index (χ2v) is 6.42. The molecule has 0 bridgehead atoms. The van der Waals surface area contributed by atoms with E-state index in [-0.39, 0.29) is 10.8 Å². The first-order valence-electron chi connectivity index (χ1n) is 5.66. The topological polar surface area (TPSA) is 29.5 Å². The van der Waals surface area contributed by atoms with Gasteiger partial charge in [-0.3, -0.25) is 4.90 Å². The Labute approximate surface area is 106 Å². The van der Waals surface area contributed by atoms with E-state index in [1.54, 1.807) is 16.7 Å². The normalized spacial score (nSPS) is 18.1. The molecule has 0 N–H and O–H groups in total. The van der Waals surface area contributed by atoms with Crippen molar-refractivity contribution in [1.29, 1.82) is 0 Å². The van der Waals surface area contributed by atoms with E-state index in [9.17, 15) is 4.79 Å². The van der Waals surface area contributed by atoms with Crippen LogP contribution in [0.4, 0.5) is 4.79 Å². The van der Waals surface area contributed by atoms with Crippen LogP contribution in [0.5, 0.6) is 0 Å². The molecule has 4 heteroatoms. The quantitative estimate of drug-likeness (QED) is 0.809. The first kappa shape index (κ1) is 12.3. The van der Waals surface area contributed by atoms with E-state index in [1.807, 2.05) is 30.3 Å². The average molecular weight is 251 g/mol. The molecule has 3 nitrogen and oxygen atoms in total. The van der Waals surface area contributed by atoms with E-state index in [2.05, 4.69) is 13.8 Å². The number of hydrogen-bond acceptors (Lipinski definition) is 3. The molecule has 1 amide bonds. The maximum atomic E-state index is 11.8. The van der Waals surface area contributed by atoms with E-state index in [1.165, 1.54) is 0 Å². The van der Waals surface area contributed by atoms with Crippen LogP contribution in [0.3, 0.4) is 0 Å². The monoisotopic (exact) mass is 251 g/mol. The first-order valence-corrected chi connectivity index (χ1v) is 6.65. The highest BCUT2D eigenvalue weighted by Gasteiger charge is 2.33. The predicted molar refractivity (Wildman–Crippen MR) is 69.9 cm³/mol. The van der Waals surface area contributed by atoms with Gasteiger partial charge in [-0.15, -0.1) is 11.8 Å². The second-order valence-electron chi connectivity index (χ2n) is 4.77. The molecule has 1 aromatic rings. The Bertz CT molecular complexity index is 392. The zero-order valence-electron chi connectivity index (χ0n) is 10.2. The van der Waals surface area contributed by atoms with Crippen molar-refractivity contribution in [3.63, 3.8) is 0 Å². The molecule has 1 aliphatic heterocycles. The molecular weight excluding hydrogens is 234 g/mol. The largest absolute Gasteiger partial charge is 0.445 e. The van der Waals surface area contributed by atoms with E-state index in [4.69, 9.17) is 4.74 Å². The van der Waals surface area contributed by atoms with Crippen LogP contribution < -0.4 is 0 Å². The molecule has 0 aromatic heterocycles. The minimum atomic E-state index is -0.216. The van der Waals surface area contributed by atoms with Crippen LogP contribution in [-0.4, -0.2) is 28.2 Å². The van der Waals surface area contributed by atoms with Gasteiger partial charge in [-0.05, 0) is 19.4 Å². The fraction of sp³-hybridized carbons (Fsp3) is 0.462. The van der Waals surface area contributed by atoms with Crippen molar-refractivity contribution < 1.29 is 9.53 Å². The lowest BCUT2D eigenvalue weighted by atomic mass is 10.2. The van der Waals surface area contributed by atoms with Gasteiger partial charge in [0.1, 0.15) is 6.61 Å². The minimum absolute atomic E-state index is 0.145. The third-order valence-corrected chi connectivity index (χ3v) is 4.00. The molecule has 1 aliphatic rings. The van der Waals surface area contributed by atoms with Crippen molar-refractivity contribution in [3.05, 3.63) is 35.9 Å². The lowest BCUT2D eigenvalue weighted by molar-refractivity contribution is 0.103. The fourth-order valence-corrected chi connectivity index (χ4v) is 2.68. The number of ether oxygens (including phenoxy) is 1. The highest BCUT2D eigenvalue weighted by atomic mass is 32.2. The van der Waals surface area contributed by atoms with Gasteiger partial charge in [-0.2, -0.15) is 0 Å². The fourth-order valence-electron chi connectivity index (χ4n) is 1.73. The molecular formula is C13H17NO2S. The highest BCUT2D eigenvalue weighted by Crippen LogP contribution is 2.33. The van der Waals surface area contributed by atoms with E-state index < -0.39 is 0 Å². The number of benzene rings is 1. The molecule has 2 rings (SSSR count). The number of carbonyl (C=O) groups is 1. The molecule has 0 aliphatic carbocycles. The van der Waals surface area contributed by atoms with Gasteiger partial charge in [0.15, 0.2) is 0 Å². The summed E-state index contributed by atoms with van der Waals surface area (Å²) in [4.78, 5) is 13.6. The molecule has 0 radical (unpaired) electrons. The van der Waals surface area contributed by atoms with Gasteiger partial charge in [0.05, 0.1) is 5.88 Å². The summed E-state index contributed by atoms with van der Waals surface area (Å²) in [5.74, 6) is 0.723. The van der Waals surface area contributed by atoms with Gasteiger partial charge >= 0.3 is 6.09 Å². The molecule has 0 spiro atoms. The number of carbonyl (C=O) groups excluding carboxylic acids is 1. The van der Waals surface area contributed by atoms with Crippen LogP contribution in [-0.2, 0) is 11.3 Å². The molecule has 1 fully saturated rings. The van der Waals surface area contributed by atoms with E-state index in [0.717, 1.165) is 18.0 Å². The van der Waals surface area contributed by atoms with Crippen LogP contribution in [0.15, 0.2) is 30.3 Å². The van der Waals surface area contributed by atoms with Crippen molar-refractivity contribution >= 4 is 17.9 Å². The Morgan fingerprint density at radius 2 is 2.12 bits per heavy atom. The van der Waals surface area contributed by atoms with Crippen molar-refractivity contribution in [3.8, 4) is 0 Å². The average Bonchev–Trinajstić information content (AvgIpc) is 2.68. The van der Waals surface area contributed by atoms with Crippen LogP contribution in [0, 0.1) is 0 Å². The maximum Gasteiger partial charge on any atom is 0.410 e. The van der Waals surface area contributed by atoms with Crippen LogP contribution in [0.25, 0.3) is 0 Å². The zero-order chi connectivity index (χ0) is 12.3. The van der Waals surface area contributed by atoms with Crippen molar-refractivity contribution in [1.82, 2.24) is 4.90 Å². The third-order valence-electron chi connectivity index (χ3n) is 2.65. The van der Waals surface area contributed by atoms with Crippen LogP contribution in [0.1, 0.15) is 19.4 Å². The molecule has 17 heavy (non-hydrogen) atoms. The zero-order valence-corrected chi connectivity index (χ0v) is 11.0. The Balaban J connectivity index is 1.83. The lowest BCUT2D eigenvalue weighted by Crippen LogP contribution is -2.32. The smallest absolute Gasteiger partial charge is 0.410 e. The second kappa shape index (κ2) is 5.00. The van der Waals surface area contributed by atoms with E-state index in [0.29, 0.717) is 6.61 Å². The molecule has 92 valence electrons. The summed E-state index contributed by atoms with van der Waals surface area (Å²) in [7, 11) is 0. The summed E-state index contributed by atoms with van der Waals surface area (Å²) >= 11 is 1.78. The predicted octanol–water partition coefficient (Wildman–Crippen LogP) is 3.11. The maximum absolute atomic E-state index is 11.8. The number of hydrogen-bond donors (Lipinski definition) is 0. The van der Waals surface area contributed by atoms with Crippen molar-refractivity contribution in [2.45, 2.75) is 25.2 Å². The number of rotatable bonds is 2. The van der Waals surface area contributed by atoms with E-state index >= 15 is 0 Å². The van der Waals surface area contributed by atoms with Gasteiger partial charge in [0.25, 0.3) is 0 Å². The van der Waals surface area contributed by atoms with Crippen LogP contribution >= 0.6 is 11.8 Å². The molecule has 1 saturated heterocycles. The summed E-state index contributed by atoms with van der Waals surface area (Å²) in [6.07, 6.45) is -0.216. The minimum Gasteiger partial charge on any atom is -0.445 e. The summed E-state index contributed by atoms with van der Waals surface area (Å²) in [6.45, 7) is 5.39. The summed E-state index contributed by atoms with van der Waals surface area (Å²) in [5.41, 5.74) is 1.02. The number of amides is 1. The Morgan fingerprint density at radius 1 is 1.41 bits per heavy atom. The first-order chi connectivity index (χ1) is 8.07. The molecule has 0 saturated carbocycles. The number of thioether (sulfide) groups is 1. The molecule has 0 atom stereocenters. The summed E-state index contributed by atoms with van der Waals surface area (Å²) in [6, 6.07) is 9.74. The number of nitrogens with zero attached hydrogens (tertiary/aromatic N) is 1. The third kappa shape index (κ3) is 3.40. The van der Waals surface area contributed by atoms with Crippen LogP contribution in [0.2, 0.25) is 0 Å². The SMILES string of the molecule is CC1(C)CN(C(=O)OCc2ccccc2)CS1. The standard InChI is InChI=1S/C13H17NO2S/c1-13(2)9-14(10-17-13)12(15)16-8-11-6-4-3-5-7-11/h3-7H,8-10H2,1-2H3. The van der Waals surface area contributed by atoms with Gasteiger partial charge in [0.2, 0.25) is 0 Å². The summed E-state index contributed by atoms with van der Waals surface area (Å²) in [5, 5.41) is 0. The van der Waals surface area contributed by atoms with Crippen molar-refractivity contribution in [2.24, 2.45) is 0 Å². The molecule has 0 unspecified atom stereocenters. The van der Waals surface area contributed by atoms with Gasteiger partial charge in [-0.1, -0.05) is 30.3 Å². The molecule has 1 heterocycles.